The van der Waals surface area contributed by atoms with Gasteiger partial charge >= 0.3 is 0 Å². The second kappa shape index (κ2) is 7.06. The van der Waals surface area contributed by atoms with Gasteiger partial charge in [-0.2, -0.15) is 0 Å². The maximum atomic E-state index is 13.3. The molecule has 0 aliphatic rings. The van der Waals surface area contributed by atoms with Crippen LogP contribution in [-0.4, -0.2) is 10.7 Å². The maximum absolute atomic E-state index is 13.3. The van der Waals surface area contributed by atoms with Gasteiger partial charge in [-0.15, -0.1) is 0 Å². The number of hydrogen-bond donors (Lipinski definition) is 0. The minimum absolute atomic E-state index is 0.0338. The van der Waals surface area contributed by atoms with Crippen molar-refractivity contribution >= 4 is 31.9 Å². The van der Waals surface area contributed by atoms with Gasteiger partial charge in [0.15, 0.2) is 0 Å². The van der Waals surface area contributed by atoms with E-state index in [0.29, 0.717) is 0 Å². The molecule has 0 saturated carbocycles. The van der Waals surface area contributed by atoms with Gasteiger partial charge in [-0.1, -0.05) is 62.2 Å². The van der Waals surface area contributed by atoms with Crippen molar-refractivity contribution < 1.29 is 4.39 Å². The van der Waals surface area contributed by atoms with Crippen LogP contribution in [0.25, 0.3) is 0 Å². The van der Waals surface area contributed by atoms with Crippen molar-refractivity contribution in [2.45, 2.75) is 25.7 Å². The highest BCUT2D eigenvalue weighted by molar-refractivity contribution is 9.09. The van der Waals surface area contributed by atoms with Crippen LogP contribution in [0.3, 0.4) is 0 Å². The van der Waals surface area contributed by atoms with Crippen molar-refractivity contribution in [1.29, 1.82) is 0 Å². The van der Waals surface area contributed by atoms with Crippen LogP contribution in [0.1, 0.15) is 22.3 Å². The molecule has 0 heterocycles. The summed E-state index contributed by atoms with van der Waals surface area (Å²) in [6, 6.07) is 13.6. The van der Waals surface area contributed by atoms with E-state index in [1.54, 1.807) is 12.1 Å². The lowest BCUT2D eigenvalue weighted by molar-refractivity contribution is 0.544. The van der Waals surface area contributed by atoms with E-state index in [4.69, 9.17) is 0 Å². The van der Waals surface area contributed by atoms with Crippen molar-refractivity contribution in [1.82, 2.24) is 0 Å². The lowest BCUT2D eigenvalue weighted by Gasteiger charge is -2.33. The summed E-state index contributed by atoms with van der Waals surface area (Å²) >= 11 is 7.39. The summed E-state index contributed by atoms with van der Waals surface area (Å²) in [7, 11) is 0. The van der Waals surface area contributed by atoms with Crippen LogP contribution in [0.2, 0.25) is 0 Å². The van der Waals surface area contributed by atoms with Crippen LogP contribution < -0.4 is 0 Å². The first-order valence-electron chi connectivity index (χ1n) is 6.95. The zero-order valence-electron chi connectivity index (χ0n) is 12.3. The van der Waals surface area contributed by atoms with E-state index in [-0.39, 0.29) is 11.2 Å². The molecule has 112 valence electrons. The molecule has 0 N–H and O–H groups in total. The SMILES string of the molecule is Cc1cc(F)ccc1CC(CBr)(CBr)c1ccccc1C. The van der Waals surface area contributed by atoms with E-state index in [9.17, 15) is 4.39 Å². The minimum atomic E-state index is -0.171. The van der Waals surface area contributed by atoms with E-state index in [0.717, 1.165) is 22.6 Å². The molecule has 0 amide bonds. The normalized spacial score (nSPS) is 11.7. The highest BCUT2D eigenvalue weighted by Gasteiger charge is 2.32. The summed E-state index contributed by atoms with van der Waals surface area (Å²) in [6.07, 6.45) is 0.875. The first-order chi connectivity index (χ1) is 10.0. The molecule has 2 aromatic rings. The smallest absolute Gasteiger partial charge is 0.123 e. The Balaban J connectivity index is 2.46. The molecular weight excluding hydrogens is 395 g/mol. The van der Waals surface area contributed by atoms with Crippen LogP contribution >= 0.6 is 31.9 Å². The highest BCUT2D eigenvalue weighted by Crippen LogP contribution is 2.35. The average molecular weight is 414 g/mol. The lowest BCUT2D eigenvalue weighted by atomic mass is 9.76. The molecule has 0 aliphatic heterocycles. The molecule has 0 nitrogen and oxygen atoms in total. The van der Waals surface area contributed by atoms with Crippen LogP contribution in [0.15, 0.2) is 42.5 Å². The first kappa shape index (κ1) is 16.7. The monoisotopic (exact) mass is 412 g/mol. The Morgan fingerprint density at radius 2 is 1.62 bits per heavy atom. The van der Waals surface area contributed by atoms with Crippen LogP contribution in [0, 0.1) is 19.7 Å². The second-order valence-electron chi connectivity index (χ2n) is 5.61. The molecule has 0 atom stereocenters. The number of aryl methyl sites for hydroxylation is 2. The first-order valence-corrected chi connectivity index (χ1v) is 9.20. The van der Waals surface area contributed by atoms with Crippen molar-refractivity contribution in [3.63, 3.8) is 0 Å². The Morgan fingerprint density at radius 1 is 0.952 bits per heavy atom. The van der Waals surface area contributed by atoms with Gasteiger partial charge in [-0.05, 0) is 54.7 Å². The van der Waals surface area contributed by atoms with E-state index < -0.39 is 0 Å². The molecule has 0 aliphatic carbocycles. The van der Waals surface area contributed by atoms with Gasteiger partial charge in [0.25, 0.3) is 0 Å². The fraction of sp³-hybridized carbons (Fsp3) is 0.333. The van der Waals surface area contributed by atoms with Gasteiger partial charge in [0.05, 0.1) is 0 Å². The average Bonchev–Trinajstić information content (AvgIpc) is 2.48. The molecule has 0 aromatic heterocycles. The molecule has 0 unspecified atom stereocenters. The topological polar surface area (TPSA) is 0 Å². The van der Waals surface area contributed by atoms with E-state index in [1.807, 2.05) is 13.0 Å². The zero-order valence-corrected chi connectivity index (χ0v) is 15.5. The third kappa shape index (κ3) is 3.57. The molecule has 0 radical (unpaired) electrons. The summed E-state index contributed by atoms with van der Waals surface area (Å²) in [5.41, 5.74) is 4.79. The summed E-state index contributed by atoms with van der Waals surface area (Å²) in [4.78, 5) is 0. The Morgan fingerprint density at radius 3 is 2.19 bits per heavy atom. The van der Waals surface area contributed by atoms with Crippen LogP contribution in [-0.2, 0) is 11.8 Å². The number of hydrogen-bond acceptors (Lipinski definition) is 0. The predicted octanol–water partition coefficient (Wildman–Crippen LogP) is 5.71. The third-order valence-corrected chi connectivity index (χ3v) is 6.21. The van der Waals surface area contributed by atoms with Gasteiger partial charge < -0.3 is 0 Å². The van der Waals surface area contributed by atoms with Gasteiger partial charge in [0.2, 0.25) is 0 Å². The van der Waals surface area contributed by atoms with Gasteiger partial charge in [-0.3, -0.25) is 0 Å². The molecular formula is C18H19Br2F. The maximum Gasteiger partial charge on any atom is 0.123 e. The Hall–Kier alpha value is -0.670. The fourth-order valence-corrected chi connectivity index (χ4v) is 4.69. The number of alkyl halides is 2. The summed E-state index contributed by atoms with van der Waals surface area (Å²) in [5, 5.41) is 1.71. The van der Waals surface area contributed by atoms with Crippen molar-refractivity contribution in [2.24, 2.45) is 0 Å². The third-order valence-electron chi connectivity index (χ3n) is 4.06. The highest BCUT2D eigenvalue weighted by atomic mass is 79.9. The minimum Gasteiger partial charge on any atom is -0.207 e. The van der Waals surface area contributed by atoms with E-state index >= 15 is 0 Å². The largest absolute Gasteiger partial charge is 0.207 e. The number of halogens is 3. The van der Waals surface area contributed by atoms with Crippen LogP contribution in [0.4, 0.5) is 4.39 Å². The molecule has 21 heavy (non-hydrogen) atoms. The molecule has 0 saturated heterocycles. The zero-order chi connectivity index (χ0) is 15.5. The predicted molar refractivity (Wildman–Crippen MR) is 95.3 cm³/mol. The number of benzene rings is 2. The fourth-order valence-electron chi connectivity index (χ4n) is 2.76. The standard InChI is InChI=1S/C18H19Br2F/c1-13-5-3-4-6-17(13)18(11-19,12-20)10-15-7-8-16(21)9-14(15)2/h3-9H,10-12H2,1-2H3. The quantitative estimate of drug-likeness (QED) is 0.550. The van der Waals surface area contributed by atoms with Crippen molar-refractivity contribution in [2.75, 3.05) is 10.7 Å². The van der Waals surface area contributed by atoms with Gasteiger partial charge in [0, 0.05) is 16.1 Å². The molecule has 2 rings (SSSR count). The Bertz CT molecular complexity index is 618. The number of rotatable bonds is 5. The lowest BCUT2D eigenvalue weighted by Crippen LogP contribution is -2.34. The van der Waals surface area contributed by atoms with Crippen molar-refractivity contribution in [3.05, 3.63) is 70.5 Å². The molecule has 0 bridgehead atoms. The Kier molecular flexibility index (Phi) is 5.61. The van der Waals surface area contributed by atoms with Gasteiger partial charge in [-0.25, -0.2) is 4.39 Å². The molecule has 0 fully saturated rings. The molecule has 3 heteroatoms. The van der Waals surface area contributed by atoms with Crippen LogP contribution in [0.5, 0.6) is 0 Å². The summed E-state index contributed by atoms with van der Waals surface area (Å²) in [5.74, 6) is -0.171. The second-order valence-corrected chi connectivity index (χ2v) is 6.73. The summed E-state index contributed by atoms with van der Waals surface area (Å²) in [6.45, 7) is 4.12. The molecule has 2 aromatic carbocycles. The van der Waals surface area contributed by atoms with E-state index in [2.05, 4.69) is 63.0 Å². The van der Waals surface area contributed by atoms with Gasteiger partial charge in [0.1, 0.15) is 5.82 Å². The Labute approximate surface area is 143 Å². The molecule has 0 spiro atoms. The van der Waals surface area contributed by atoms with Crippen molar-refractivity contribution in [3.8, 4) is 0 Å². The summed E-state index contributed by atoms with van der Waals surface area (Å²) < 4.78 is 13.3. The van der Waals surface area contributed by atoms with E-state index in [1.165, 1.54) is 16.7 Å².